The molecule has 1 fully saturated rings. The molecule has 2 rings (SSSR count). The van der Waals surface area contributed by atoms with Crippen molar-refractivity contribution in [2.24, 2.45) is 0 Å². The topological polar surface area (TPSA) is 37.8 Å². The van der Waals surface area contributed by atoms with Crippen LogP contribution < -0.4 is 5.32 Å². The van der Waals surface area contributed by atoms with Crippen molar-refractivity contribution in [2.45, 2.75) is 44.4 Å². The highest BCUT2D eigenvalue weighted by molar-refractivity contribution is 7.99. The molecule has 1 atom stereocenters. The number of aromatic nitrogens is 2. The highest BCUT2D eigenvalue weighted by atomic mass is 32.2. The van der Waals surface area contributed by atoms with E-state index in [9.17, 15) is 0 Å². The zero-order valence-corrected chi connectivity index (χ0v) is 11.4. The van der Waals surface area contributed by atoms with E-state index in [1.54, 1.807) is 11.3 Å². The molecular formula is C11H19N3S2. The Balaban J connectivity index is 1.85. The number of nitrogens with zero attached hydrogens (tertiary/aromatic N) is 2. The minimum Gasteiger partial charge on any atom is -0.310 e. The summed E-state index contributed by atoms with van der Waals surface area (Å²) in [5.41, 5.74) is 0. The van der Waals surface area contributed by atoms with Gasteiger partial charge >= 0.3 is 0 Å². The molecule has 0 radical (unpaired) electrons. The third-order valence-corrected chi connectivity index (χ3v) is 5.21. The molecule has 0 aliphatic carbocycles. The summed E-state index contributed by atoms with van der Waals surface area (Å²) in [7, 11) is 0. The summed E-state index contributed by atoms with van der Waals surface area (Å²) in [5, 5.41) is 14.9. The smallest absolute Gasteiger partial charge is 0.131 e. The molecular weight excluding hydrogens is 238 g/mol. The van der Waals surface area contributed by atoms with Gasteiger partial charge < -0.3 is 5.32 Å². The second-order valence-electron chi connectivity index (χ2n) is 4.07. The standard InChI is InChI=1S/C11H19N3S2/c1-2-6-12-8-10-13-14-11(16-10)9-5-3-4-7-15-9/h9,12H,2-8H2,1H3. The quantitative estimate of drug-likeness (QED) is 0.823. The van der Waals surface area contributed by atoms with Crippen molar-refractivity contribution in [3.8, 4) is 0 Å². The fraction of sp³-hybridized carbons (Fsp3) is 0.818. The molecule has 90 valence electrons. The number of rotatable bonds is 5. The third kappa shape index (κ3) is 3.43. The molecule has 1 aliphatic heterocycles. The van der Waals surface area contributed by atoms with Gasteiger partial charge in [-0.25, -0.2) is 0 Å². The average Bonchev–Trinajstić information content (AvgIpc) is 2.79. The first-order valence-electron chi connectivity index (χ1n) is 6.04. The highest BCUT2D eigenvalue weighted by Crippen LogP contribution is 2.39. The van der Waals surface area contributed by atoms with Crippen LogP contribution in [0.5, 0.6) is 0 Å². The molecule has 5 heteroatoms. The zero-order valence-electron chi connectivity index (χ0n) is 9.74. The van der Waals surface area contributed by atoms with Crippen molar-refractivity contribution in [3.05, 3.63) is 10.0 Å². The van der Waals surface area contributed by atoms with E-state index in [0.29, 0.717) is 5.25 Å². The molecule has 1 aliphatic rings. The third-order valence-electron chi connectivity index (χ3n) is 2.64. The average molecular weight is 257 g/mol. The first-order valence-corrected chi connectivity index (χ1v) is 7.91. The van der Waals surface area contributed by atoms with E-state index in [2.05, 4.69) is 22.4 Å². The van der Waals surface area contributed by atoms with E-state index in [-0.39, 0.29) is 0 Å². The van der Waals surface area contributed by atoms with Crippen molar-refractivity contribution in [2.75, 3.05) is 12.3 Å². The molecule has 0 bridgehead atoms. The Kier molecular flexibility index (Phi) is 5.06. The number of thioether (sulfide) groups is 1. The van der Waals surface area contributed by atoms with Gasteiger partial charge in [0.25, 0.3) is 0 Å². The molecule has 1 saturated heterocycles. The molecule has 1 unspecified atom stereocenters. The van der Waals surface area contributed by atoms with Crippen molar-refractivity contribution in [3.63, 3.8) is 0 Å². The summed E-state index contributed by atoms with van der Waals surface area (Å²) in [6.07, 6.45) is 5.16. The first-order chi connectivity index (χ1) is 7.90. The number of hydrogen-bond acceptors (Lipinski definition) is 5. The van der Waals surface area contributed by atoms with E-state index in [0.717, 1.165) is 18.1 Å². The van der Waals surface area contributed by atoms with Gasteiger partial charge in [0.1, 0.15) is 10.0 Å². The lowest BCUT2D eigenvalue weighted by atomic mass is 10.2. The molecule has 1 aromatic rings. The van der Waals surface area contributed by atoms with Crippen LogP contribution in [0.3, 0.4) is 0 Å². The van der Waals surface area contributed by atoms with E-state index >= 15 is 0 Å². The molecule has 0 amide bonds. The fourth-order valence-electron chi connectivity index (χ4n) is 1.78. The summed E-state index contributed by atoms with van der Waals surface area (Å²) < 4.78 is 0. The van der Waals surface area contributed by atoms with E-state index in [4.69, 9.17) is 0 Å². The van der Waals surface area contributed by atoms with E-state index in [1.165, 1.54) is 36.4 Å². The molecule has 0 spiro atoms. The maximum absolute atomic E-state index is 4.33. The minimum atomic E-state index is 0.617. The lowest BCUT2D eigenvalue weighted by molar-refractivity contribution is 0.663. The van der Waals surface area contributed by atoms with Crippen LogP contribution in [0.25, 0.3) is 0 Å². The van der Waals surface area contributed by atoms with Crippen LogP contribution in [0.1, 0.15) is 47.9 Å². The zero-order chi connectivity index (χ0) is 11.2. The molecule has 0 aromatic carbocycles. The fourth-order valence-corrected chi connectivity index (χ4v) is 4.13. The van der Waals surface area contributed by atoms with Gasteiger partial charge in [0.15, 0.2) is 0 Å². The summed E-state index contributed by atoms with van der Waals surface area (Å²) >= 11 is 3.83. The Morgan fingerprint density at radius 1 is 1.38 bits per heavy atom. The molecule has 0 saturated carbocycles. The van der Waals surface area contributed by atoms with E-state index in [1.807, 2.05) is 11.8 Å². The molecule has 16 heavy (non-hydrogen) atoms. The van der Waals surface area contributed by atoms with Crippen LogP contribution in [0.4, 0.5) is 0 Å². The summed E-state index contributed by atoms with van der Waals surface area (Å²) in [6, 6.07) is 0. The minimum absolute atomic E-state index is 0.617. The highest BCUT2D eigenvalue weighted by Gasteiger charge is 2.19. The van der Waals surface area contributed by atoms with Gasteiger partial charge in [0.05, 0.1) is 5.25 Å². The van der Waals surface area contributed by atoms with Crippen LogP contribution in [0.2, 0.25) is 0 Å². The van der Waals surface area contributed by atoms with Gasteiger partial charge in [-0.1, -0.05) is 24.7 Å². The lowest BCUT2D eigenvalue weighted by Gasteiger charge is -2.17. The van der Waals surface area contributed by atoms with Gasteiger partial charge in [-0.3, -0.25) is 0 Å². The molecule has 1 aromatic heterocycles. The molecule has 1 N–H and O–H groups in total. The van der Waals surface area contributed by atoms with Gasteiger partial charge in [-0.05, 0) is 31.6 Å². The predicted molar refractivity (Wildman–Crippen MR) is 71.0 cm³/mol. The normalized spacial score (nSPS) is 21.2. The number of hydrogen-bond donors (Lipinski definition) is 1. The van der Waals surface area contributed by atoms with Crippen molar-refractivity contribution < 1.29 is 0 Å². The van der Waals surface area contributed by atoms with Gasteiger partial charge in [0.2, 0.25) is 0 Å². The largest absolute Gasteiger partial charge is 0.310 e. The van der Waals surface area contributed by atoms with Gasteiger partial charge in [-0.2, -0.15) is 11.8 Å². The summed E-state index contributed by atoms with van der Waals surface area (Å²) in [5.74, 6) is 1.29. The second-order valence-corrected chi connectivity index (χ2v) is 6.47. The Morgan fingerprint density at radius 3 is 3.06 bits per heavy atom. The Bertz CT molecular complexity index is 308. The van der Waals surface area contributed by atoms with Crippen LogP contribution in [0.15, 0.2) is 0 Å². The Hall–Kier alpha value is -0.130. The summed E-state index contributed by atoms with van der Waals surface area (Å²) in [4.78, 5) is 0. The first kappa shape index (κ1) is 12.3. The predicted octanol–water partition coefficient (Wildman–Crippen LogP) is 3.00. The maximum atomic E-state index is 4.33. The van der Waals surface area contributed by atoms with Crippen LogP contribution in [0, 0.1) is 0 Å². The summed E-state index contributed by atoms with van der Waals surface area (Å²) in [6.45, 7) is 4.12. The van der Waals surface area contributed by atoms with Crippen LogP contribution in [-0.4, -0.2) is 22.5 Å². The van der Waals surface area contributed by atoms with Gasteiger partial charge in [-0.15, -0.1) is 10.2 Å². The Labute approximate surface area is 105 Å². The van der Waals surface area contributed by atoms with Crippen molar-refractivity contribution >= 4 is 23.1 Å². The molecule has 3 nitrogen and oxygen atoms in total. The Morgan fingerprint density at radius 2 is 2.31 bits per heavy atom. The lowest BCUT2D eigenvalue weighted by Crippen LogP contribution is -2.13. The number of nitrogens with one attached hydrogen (secondary N) is 1. The molecule has 2 heterocycles. The van der Waals surface area contributed by atoms with Crippen LogP contribution in [-0.2, 0) is 6.54 Å². The van der Waals surface area contributed by atoms with E-state index < -0.39 is 0 Å². The van der Waals surface area contributed by atoms with Crippen molar-refractivity contribution in [1.29, 1.82) is 0 Å². The van der Waals surface area contributed by atoms with Crippen molar-refractivity contribution in [1.82, 2.24) is 15.5 Å². The van der Waals surface area contributed by atoms with Gasteiger partial charge in [0, 0.05) is 6.54 Å². The second kappa shape index (κ2) is 6.57. The maximum Gasteiger partial charge on any atom is 0.131 e. The van der Waals surface area contributed by atoms with Crippen LogP contribution >= 0.6 is 23.1 Å². The SMILES string of the molecule is CCCNCc1nnc(C2CCCCS2)s1. The monoisotopic (exact) mass is 257 g/mol.